The molecule has 0 N–H and O–H groups in total. The minimum absolute atomic E-state index is 0.582. The summed E-state index contributed by atoms with van der Waals surface area (Å²) in [6.07, 6.45) is 10.6. The van der Waals surface area contributed by atoms with Gasteiger partial charge in [-0.3, -0.25) is 9.88 Å². The Morgan fingerprint density at radius 3 is 2.93 bits per heavy atom. The van der Waals surface area contributed by atoms with Crippen molar-refractivity contribution in [1.82, 2.24) is 9.88 Å². The quantitative estimate of drug-likeness (QED) is 0.699. The van der Waals surface area contributed by atoms with Gasteiger partial charge in [0.1, 0.15) is 0 Å². The smallest absolute Gasteiger partial charge is 0.0360 e. The summed E-state index contributed by atoms with van der Waals surface area (Å²) < 4.78 is 0. The van der Waals surface area contributed by atoms with Crippen LogP contribution in [0.15, 0.2) is 24.5 Å². The lowest BCUT2D eigenvalue weighted by Gasteiger charge is -2.30. The molecule has 0 unspecified atom stereocenters. The topological polar surface area (TPSA) is 16.1 Å². The first-order valence-corrected chi connectivity index (χ1v) is 5.98. The van der Waals surface area contributed by atoms with Crippen LogP contribution < -0.4 is 0 Å². The second-order valence-electron chi connectivity index (χ2n) is 4.49. The zero-order valence-electron chi connectivity index (χ0n) is 9.52. The number of hydrogen-bond acceptors (Lipinski definition) is 2. The Bertz CT molecular complexity index is 284. The molecule has 2 nitrogen and oxygen atoms in total. The van der Waals surface area contributed by atoms with Crippen molar-refractivity contribution in [1.29, 1.82) is 0 Å². The highest BCUT2D eigenvalue weighted by molar-refractivity contribution is 5.13. The first-order chi connectivity index (χ1) is 7.38. The van der Waals surface area contributed by atoms with Gasteiger partial charge >= 0.3 is 0 Å². The van der Waals surface area contributed by atoms with E-state index in [2.05, 4.69) is 23.0 Å². The maximum Gasteiger partial charge on any atom is 0.0360 e. The van der Waals surface area contributed by atoms with Crippen molar-refractivity contribution in [3.05, 3.63) is 30.1 Å². The van der Waals surface area contributed by atoms with Crippen LogP contribution in [0.2, 0.25) is 0 Å². The van der Waals surface area contributed by atoms with Crippen molar-refractivity contribution < 1.29 is 0 Å². The van der Waals surface area contributed by atoms with E-state index in [1.807, 2.05) is 18.5 Å². The van der Waals surface area contributed by atoms with Crippen LogP contribution in [0.25, 0.3) is 0 Å². The lowest BCUT2D eigenvalue weighted by atomic mass is 9.97. The lowest BCUT2D eigenvalue weighted by molar-refractivity contribution is 0.209. The summed E-state index contributed by atoms with van der Waals surface area (Å²) in [5, 5.41) is 0. The third-order valence-corrected chi connectivity index (χ3v) is 3.34. The fraction of sp³-hybridized carbons (Fsp3) is 0.615. The molecule has 0 aliphatic carbocycles. The summed E-state index contributed by atoms with van der Waals surface area (Å²) in [7, 11) is 2.24. The van der Waals surface area contributed by atoms with E-state index in [1.165, 1.54) is 44.2 Å². The van der Waals surface area contributed by atoms with Gasteiger partial charge in [-0.2, -0.15) is 0 Å². The van der Waals surface area contributed by atoms with E-state index >= 15 is 0 Å². The molecule has 0 amide bonds. The molecule has 2 heterocycles. The molecule has 2 rings (SSSR count). The van der Waals surface area contributed by atoms with Gasteiger partial charge in [-0.05, 0) is 38.1 Å². The van der Waals surface area contributed by atoms with Crippen molar-refractivity contribution in [2.45, 2.75) is 38.1 Å². The third kappa shape index (κ3) is 2.78. The maximum atomic E-state index is 4.22. The molecule has 1 aliphatic rings. The van der Waals surface area contributed by atoms with Crippen LogP contribution in [0.5, 0.6) is 0 Å². The van der Waals surface area contributed by atoms with Crippen LogP contribution in [0.1, 0.15) is 43.7 Å². The summed E-state index contributed by atoms with van der Waals surface area (Å²) >= 11 is 0. The molecular weight excluding hydrogens is 184 g/mol. The predicted octanol–water partition coefficient (Wildman–Crippen LogP) is 3.02. The maximum absolute atomic E-state index is 4.22. The van der Waals surface area contributed by atoms with Crippen LogP contribution in [-0.4, -0.2) is 23.5 Å². The highest BCUT2D eigenvalue weighted by Crippen LogP contribution is 2.27. The SMILES string of the molecule is CN1CCCCCC[C@@H]1c1cccnc1. The second-order valence-corrected chi connectivity index (χ2v) is 4.49. The summed E-state index contributed by atoms with van der Waals surface area (Å²) in [5.74, 6) is 0. The molecule has 1 aromatic heterocycles. The molecule has 2 heteroatoms. The number of aromatic nitrogens is 1. The highest BCUT2D eigenvalue weighted by Gasteiger charge is 2.17. The standard InChI is InChI=1S/C13H20N2/c1-15-10-5-3-2-4-8-13(15)12-7-6-9-14-11-12/h6-7,9,11,13H,2-5,8,10H2,1H3/t13-/m1/s1. The Hall–Kier alpha value is -0.890. The first-order valence-electron chi connectivity index (χ1n) is 5.98. The molecule has 1 aromatic rings. The Balaban J connectivity index is 2.10. The molecule has 82 valence electrons. The van der Waals surface area contributed by atoms with Gasteiger partial charge in [0.05, 0.1) is 0 Å². The molecule has 0 aromatic carbocycles. The van der Waals surface area contributed by atoms with Crippen molar-refractivity contribution in [3.8, 4) is 0 Å². The van der Waals surface area contributed by atoms with E-state index in [0.29, 0.717) is 6.04 Å². The van der Waals surface area contributed by atoms with Crippen LogP contribution in [0.4, 0.5) is 0 Å². The molecule has 15 heavy (non-hydrogen) atoms. The van der Waals surface area contributed by atoms with Gasteiger partial charge in [-0.25, -0.2) is 0 Å². The molecular formula is C13H20N2. The minimum Gasteiger partial charge on any atom is -0.299 e. The molecule has 0 bridgehead atoms. The first kappa shape index (κ1) is 10.6. The number of likely N-dealkylation sites (tertiary alicyclic amines) is 1. The van der Waals surface area contributed by atoms with E-state index in [9.17, 15) is 0 Å². The summed E-state index contributed by atoms with van der Waals surface area (Å²) in [6, 6.07) is 4.83. The molecule has 0 radical (unpaired) electrons. The average Bonchev–Trinajstić information content (AvgIpc) is 2.25. The number of pyridine rings is 1. The molecule has 0 saturated carbocycles. The van der Waals surface area contributed by atoms with Crippen LogP contribution >= 0.6 is 0 Å². The summed E-state index contributed by atoms with van der Waals surface area (Å²) in [5.41, 5.74) is 1.38. The Kier molecular flexibility index (Phi) is 3.73. The van der Waals surface area contributed by atoms with Gasteiger partial charge < -0.3 is 0 Å². The zero-order chi connectivity index (χ0) is 10.5. The molecule has 1 atom stereocenters. The Morgan fingerprint density at radius 2 is 2.13 bits per heavy atom. The predicted molar refractivity (Wildman–Crippen MR) is 62.7 cm³/mol. The third-order valence-electron chi connectivity index (χ3n) is 3.34. The van der Waals surface area contributed by atoms with Gasteiger partial charge in [0.15, 0.2) is 0 Å². The number of nitrogens with zero attached hydrogens (tertiary/aromatic N) is 2. The Labute approximate surface area is 92.3 Å². The number of hydrogen-bond donors (Lipinski definition) is 0. The van der Waals surface area contributed by atoms with Gasteiger partial charge in [0, 0.05) is 18.4 Å². The minimum atomic E-state index is 0.582. The highest BCUT2D eigenvalue weighted by atomic mass is 15.1. The van der Waals surface area contributed by atoms with Crippen molar-refractivity contribution in [2.75, 3.05) is 13.6 Å². The zero-order valence-corrected chi connectivity index (χ0v) is 9.52. The van der Waals surface area contributed by atoms with Crippen LogP contribution in [0, 0.1) is 0 Å². The summed E-state index contributed by atoms with van der Waals surface area (Å²) in [4.78, 5) is 6.70. The normalized spacial score (nSPS) is 24.5. The van der Waals surface area contributed by atoms with Crippen LogP contribution in [0.3, 0.4) is 0 Å². The Morgan fingerprint density at radius 1 is 1.27 bits per heavy atom. The summed E-state index contributed by atoms with van der Waals surface area (Å²) in [6.45, 7) is 1.22. The van der Waals surface area contributed by atoms with E-state index in [-0.39, 0.29) is 0 Å². The monoisotopic (exact) mass is 204 g/mol. The molecule has 1 aliphatic heterocycles. The lowest BCUT2D eigenvalue weighted by Crippen LogP contribution is -2.27. The molecule has 0 spiro atoms. The number of rotatable bonds is 1. The molecule has 1 saturated heterocycles. The van der Waals surface area contributed by atoms with Crippen LogP contribution in [-0.2, 0) is 0 Å². The fourth-order valence-electron chi connectivity index (χ4n) is 2.42. The van der Waals surface area contributed by atoms with E-state index in [1.54, 1.807) is 0 Å². The fourth-order valence-corrected chi connectivity index (χ4v) is 2.42. The van der Waals surface area contributed by atoms with E-state index in [0.717, 1.165) is 0 Å². The average molecular weight is 204 g/mol. The van der Waals surface area contributed by atoms with Gasteiger partial charge in [0.25, 0.3) is 0 Å². The van der Waals surface area contributed by atoms with Crippen molar-refractivity contribution >= 4 is 0 Å². The van der Waals surface area contributed by atoms with Crippen molar-refractivity contribution in [2.24, 2.45) is 0 Å². The second kappa shape index (κ2) is 5.26. The largest absolute Gasteiger partial charge is 0.299 e. The molecule has 1 fully saturated rings. The van der Waals surface area contributed by atoms with Gasteiger partial charge in [0.2, 0.25) is 0 Å². The van der Waals surface area contributed by atoms with Crippen molar-refractivity contribution in [3.63, 3.8) is 0 Å². The van der Waals surface area contributed by atoms with Gasteiger partial charge in [-0.15, -0.1) is 0 Å². The van der Waals surface area contributed by atoms with E-state index < -0.39 is 0 Å². The van der Waals surface area contributed by atoms with E-state index in [4.69, 9.17) is 0 Å². The van der Waals surface area contributed by atoms with Gasteiger partial charge in [-0.1, -0.05) is 25.3 Å².